The van der Waals surface area contributed by atoms with E-state index >= 15 is 0 Å². The van der Waals surface area contributed by atoms with Gasteiger partial charge in [-0.25, -0.2) is 8.78 Å². The van der Waals surface area contributed by atoms with Crippen LogP contribution in [0.4, 0.5) is 8.78 Å². The lowest BCUT2D eigenvalue weighted by atomic mass is 9.86. The van der Waals surface area contributed by atoms with Crippen molar-refractivity contribution in [3.8, 4) is 5.75 Å². The lowest BCUT2D eigenvalue weighted by Gasteiger charge is -2.28. The average molecular weight is 269 g/mol. The topological polar surface area (TPSA) is 21.3 Å². The molecule has 1 aromatic rings. The van der Waals surface area contributed by atoms with E-state index in [2.05, 4.69) is 5.32 Å². The van der Waals surface area contributed by atoms with Gasteiger partial charge in [0.15, 0.2) is 0 Å². The summed E-state index contributed by atoms with van der Waals surface area (Å²) in [6.45, 7) is 4.71. The fraction of sp³-hybridized carbons (Fsp3) is 0.600. The fourth-order valence-electron chi connectivity index (χ4n) is 2.87. The quantitative estimate of drug-likeness (QED) is 0.905. The molecule has 1 fully saturated rings. The van der Waals surface area contributed by atoms with Gasteiger partial charge in [0, 0.05) is 24.9 Å². The van der Waals surface area contributed by atoms with Gasteiger partial charge in [-0.15, -0.1) is 0 Å². The monoisotopic (exact) mass is 269 g/mol. The van der Waals surface area contributed by atoms with Gasteiger partial charge in [-0.1, -0.05) is 6.07 Å². The van der Waals surface area contributed by atoms with Gasteiger partial charge < -0.3 is 10.1 Å². The van der Waals surface area contributed by atoms with Crippen LogP contribution in [0, 0.1) is 6.92 Å². The Morgan fingerprint density at radius 1 is 1.37 bits per heavy atom. The van der Waals surface area contributed by atoms with Crippen LogP contribution in [-0.4, -0.2) is 20.2 Å². The molecule has 2 nitrogen and oxygen atoms in total. The lowest BCUT2D eigenvalue weighted by molar-refractivity contribution is 0.0149. The second-order valence-electron chi connectivity index (χ2n) is 5.31. The van der Waals surface area contributed by atoms with E-state index in [9.17, 15) is 8.78 Å². The van der Waals surface area contributed by atoms with Crippen molar-refractivity contribution in [2.45, 2.75) is 38.5 Å². The first-order chi connectivity index (χ1) is 8.95. The maximum atomic E-state index is 13.7. The maximum absolute atomic E-state index is 13.7. The minimum atomic E-state index is -2.88. The molecular formula is C15H21F2NO. The standard InChI is InChI=1S/C15H21F2NO/c1-10-6-7-12(15(2,16)17)14(19-3)13(10)11-5-4-8-18-9-11/h6-7,11,18H,4-5,8-9H2,1-3H3. The Morgan fingerprint density at radius 2 is 2.11 bits per heavy atom. The smallest absolute Gasteiger partial charge is 0.274 e. The van der Waals surface area contributed by atoms with Crippen molar-refractivity contribution < 1.29 is 13.5 Å². The van der Waals surface area contributed by atoms with E-state index in [4.69, 9.17) is 4.74 Å². The van der Waals surface area contributed by atoms with Gasteiger partial charge in [0.2, 0.25) is 0 Å². The first kappa shape index (κ1) is 14.3. The molecule has 1 heterocycles. The number of benzene rings is 1. The molecule has 1 unspecified atom stereocenters. The van der Waals surface area contributed by atoms with Crippen molar-refractivity contribution in [1.82, 2.24) is 5.32 Å². The molecule has 0 amide bonds. The number of hydrogen-bond donors (Lipinski definition) is 1. The van der Waals surface area contributed by atoms with Crippen LogP contribution < -0.4 is 10.1 Å². The molecule has 1 aliphatic rings. The van der Waals surface area contributed by atoms with Gasteiger partial charge in [0.1, 0.15) is 5.75 Å². The third kappa shape index (κ3) is 2.89. The normalized spacial score (nSPS) is 20.4. The Morgan fingerprint density at radius 3 is 2.63 bits per heavy atom. The average Bonchev–Trinajstić information content (AvgIpc) is 2.37. The lowest BCUT2D eigenvalue weighted by Crippen LogP contribution is -2.29. The summed E-state index contributed by atoms with van der Waals surface area (Å²) in [5.41, 5.74) is 1.95. The van der Waals surface area contributed by atoms with E-state index in [1.54, 1.807) is 6.07 Å². The van der Waals surface area contributed by atoms with E-state index in [1.165, 1.54) is 13.2 Å². The molecule has 1 saturated heterocycles. The van der Waals surface area contributed by atoms with Crippen molar-refractivity contribution in [2.75, 3.05) is 20.2 Å². The molecule has 0 aromatic heterocycles. The molecule has 106 valence electrons. The van der Waals surface area contributed by atoms with Gasteiger partial charge in [0.25, 0.3) is 5.92 Å². The highest BCUT2D eigenvalue weighted by atomic mass is 19.3. The number of halogens is 2. The van der Waals surface area contributed by atoms with Crippen LogP contribution in [0.25, 0.3) is 0 Å². The number of rotatable bonds is 3. The Labute approximate surface area is 113 Å². The van der Waals surface area contributed by atoms with Gasteiger partial charge in [-0.05, 0) is 37.9 Å². The van der Waals surface area contributed by atoms with E-state index in [0.717, 1.165) is 44.0 Å². The first-order valence-corrected chi connectivity index (χ1v) is 6.71. The highest BCUT2D eigenvalue weighted by molar-refractivity contribution is 5.50. The minimum Gasteiger partial charge on any atom is -0.496 e. The first-order valence-electron chi connectivity index (χ1n) is 6.71. The summed E-state index contributed by atoms with van der Waals surface area (Å²) >= 11 is 0. The Balaban J connectivity index is 2.51. The molecule has 0 spiro atoms. The van der Waals surface area contributed by atoms with Crippen molar-refractivity contribution in [3.63, 3.8) is 0 Å². The second kappa shape index (κ2) is 5.45. The molecule has 1 aliphatic heterocycles. The van der Waals surface area contributed by atoms with Crippen molar-refractivity contribution in [3.05, 3.63) is 28.8 Å². The summed E-state index contributed by atoms with van der Waals surface area (Å²) in [5, 5.41) is 3.33. The van der Waals surface area contributed by atoms with Crippen molar-refractivity contribution >= 4 is 0 Å². The van der Waals surface area contributed by atoms with Crippen molar-refractivity contribution in [1.29, 1.82) is 0 Å². The number of methoxy groups -OCH3 is 1. The Bertz CT molecular complexity index is 448. The van der Waals surface area contributed by atoms with Crippen LogP contribution in [-0.2, 0) is 5.92 Å². The fourth-order valence-corrected chi connectivity index (χ4v) is 2.87. The molecule has 19 heavy (non-hydrogen) atoms. The second-order valence-corrected chi connectivity index (χ2v) is 5.31. The Hall–Kier alpha value is -1.16. The van der Waals surface area contributed by atoms with Gasteiger partial charge in [-0.3, -0.25) is 0 Å². The number of nitrogens with one attached hydrogen (secondary N) is 1. The maximum Gasteiger partial charge on any atom is 0.274 e. The molecule has 0 saturated carbocycles. The SMILES string of the molecule is COc1c(C(C)(F)F)ccc(C)c1C1CCCNC1. The molecular weight excluding hydrogens is 248 g/mol. The summed E-state index contributed by atoms with van der Waals surface area (Å²) in [4.78, 5) is 0. The molecule has 0 bridgehead atoms. The zero-order valence-electron chi connectivity index (χ0n) is 11.7. The van der Waals surface area contributed by atoms with Crippen LogP contribution in [0.15, 0.2) is 12.1 Å². The van der Waals surface area contributed by atoms with Crippen molar-refractivity contribution in [2.24, 2.45) is 0 Å². The molecule has 0 aliphatic carbocycles. The predicted octanol–water partition coefficient (Wildman–Crippen LogP) is 3.58. The zero-order chi connectivity index (χ0) is 14.0. The summed E-state index contributed by atoms with van der Waals surface area (Å²) in [5.74, 6) is -2.26. The summed E-state index contributed by atoms with van der Waals surface area (Å²) in [7, 11) is 1.48. The van der Waals surface area contributed by atoms with E-state index in [-0.39, 0.29) is 11.5 Å². The van der Waals surface area contributed by atoms with Gasteiger partial charge in [0.05, 0.1) is 12.7 Å². The largest absolute Gasteiger partial charge is 0.496 e. The molecule has 0 radical (unpaired) electrons. The minimum absolute atomic E-state index is 0.0128. The summed E-state index contributed by atoms with van der Waals surface area (Å²) < 4.78 is 32.7. The highest BCUT2D eigenvalue weighted by Gasteiger charge is 2.32. The third-order valence-corrected chi connectivity index (χ3v) is 3.80. The van der Waals surface area contributed by atoms with Crippen LogP contribution in [0.3, 0.4) is 0 Å². The molecule has 4 heteroatoms. The van der Waals surface area contributed by atoms with E-state index in [0.29, 0.717) is 5.75 Å². The van der Waals surface area contributed by atoms with Crippen LogP contribution in [0.2, 0.25) is 0 Å². The van der Waals surface area contributed by atoms with E-state index < -0.39 is 5.92 Å². The Kier molecular flexibility index (Phi) is 4.09. The van der Waals surface area contributed by atoms with Crippen LogP contribution >= 0.6 is 0 Å². The third-order valence-electron chi connectivity index (χ3n) is 3.80. The molecule has 2 rings (SSSR count). The highest BCUT2D eigenvalue weighted by Crippen LogP contribution is 2.42. The number of alkyl halides is 2. The van der Waals surface area contributed by atoms with E-state index in [1.807, 2.05) is 6.92 Å². The molecule has 1 N–H and O–H groups in total. The number of piperidine rings is 1. The molecule has 1 atom stereocenters. The summed E-state index contributed by atoms with van der Waals surface area (Å²) in [6.07, 6.45) is 2.09. The van der Waals surface area contributed by atoms with Gasteiger partial charge in [-0.2, -0.15) is 0 Å². The predicted molar refractivity (Wildman–Crippen MR) is 72.1 cm³/mol. The number of hydrogen-bond acceptors (Lipinski definition) is 2. The number of ether oxygens (including phenoxy) is 1. The van der Waals surface area contributed by atoms with Crippen LogP contribution in [0.5, 0.6) is 5.75 Å². The zero-order valence-corrected chi connectivity index (χ0v) is 11.7. The van der Waals surface area contributed by atoms with Crippen LogP contribution in [0.1, 0.15) is 42.4 Å². The van der Waals surface area contributed by atoms with Gasteiger partial charge >= 0.3 is 0 Å². The number of aryl methyl sites for hydroxylation is 1. The summed E-state index contributed by atoms with van der Waals surface area (Å²) in [6, 6.07) is 3.26. The molecule has 1 aromatic carbocycles.